The molecule has 21 nitrogen and oxygen atoms in total. The third-order valence-electron chi connectivity index (χ3n) is 16.2. The number of β-amino-alcohol motifs (C(OH)–C–C–N with tert-alkyl or cyclic N) is 1. The maximum absolute atomic E-state index is 13.7. The SMILES string of the molecule is CCN(C(=O)Cn1c(C(=O)N[C@H]2CC[C@H](C(=O)NCCCCCCCC(=O)NCCOCCOCCOCCOCCC(=O)N[C@@H](C(=O)N3C[C@@H](O)[C@H](C(=O)NCc4ccc(-c5scnc5C)cc4)C3)C(C)(C)C)CC2)cc2sccc21)c1cccc(C)c1. The predicted molar refractivity (Wildman–Crippen MR) is 345 cm³/mol. The molecular formula is C66H93N9O12S2. The summed E-state index contributed by atoms with van der Waals surface area (Å²) in [5, 5.41) is 27.8. The number of aromatic nitrogens is 2. The smallest absolute Gasteiger partial charge is 0.268 e. The Morgan fingerprint density at radius 1 is 0.730 bits per heavy atom. The molecular weight excluding hydrogens is 1170 g/mol. The van der Waals surface area contributed by atoms with Crippen LogP contribution in [0.25, 0.3) is 20.7 Å². The number of rotatable bonds is 36. The fourth-order valence-corrected chi connectivity index (χ4v) is 12.8. The van der Waals surface area contributed by atoms with E-state index in [1.54, 1.807) is 27.6 Å². The van der Waals surface area contributed by atoms with Crippen molar-refractivity contribution < 1.29 is 57.6 Å². The first-order chi connectivity index (χ1) is 42.9. The van der Waals surface area contributed by atoms with Crippen molar-refractivity contribution in [2.24, 2.45) is 17.3 Å². The van der Waals surface area contributed by atoms with E-state index in [1.165, 1.54) is 4.90 Å². The topological polar surface area (TPSA) is 261 Å². The average molecular weight is 1270 g/mol. The number of aryl methyl sites for hydroxylation is 2. The van der Waals surface area contributed by atoms with Gasteiger partial charge in [-0.1, -0.05) is 76.4 Å². The van der Waals surface area contributed by atoms with Gasteiger partial charge in [0.15, 0.2) is 0 Å². The summed E-state index contributed by atoms with van der Waals surface area (Å²) in [5.41, 5.74) is 7.34. The summed E-state index contributed by atoms with van der Waals surface area (Å²) < 4.78 is 25.1. The molecule has 2 aliphatic rings. The van der Waals surface area contributed by atoms with Crippen molar-refractivity contribution in [3.05, 3.63) is 94.1 Å². The summed E-state index contributed by atoms with van der Waals surface area (Å²) >= 11 is 3.12. The number of fused-ring (bicyclic) bond motifs is 1. The summed E-state index contributed by atoms with van der Waals surface area (Å²) in [4.78, 5) is 101. The van der Waals surface area contributed by atoms with Gasteiger partial charge in [0.2, 0.25) is 35.4 Å². The van der Waals surface area contributed by atoms with Crippen LogP contribution in [0.4, 0.5) is 5.69 Å². The van der Waals surface area contributed by atoms with Crippen LogP contribution in [0.1, 0.15) is 126 Å². The summed E-state index contributed by atoms with van der Waals surface area (Å²) in [6, 6.07) is 18.6. The Morgan fingerprint density at radius 2 is 1.42 bits per heavy atom. The Kier molecular flexibility index (Phi) is 28.0. The van der Waals surface area contributed by atoms with E-state index in [4.69, 9.17) is 18.9 Å². The minimum absolute atomic E-state index is 0.00780. The quantitative estimate of drug-likeness (QED) is 0.0213. The van der Waals surface area contributed by atoms with Gasteiger partial charge in [-0.05, 0) is 111 Å². The lowest BCUT2D eigenvalue weighted by atomic mass is 9.85. The predicted octanol–water partition coefficient (Wildman–Crippen LogP) is 7.48. The van der Waals surface area contributed by atoms with Gasteiger partial charge < -0.3 is 65.0 Å². The van der Waals surface area contributed by atoms with Crippen LogP contribution in [0.15, 0.2) is 71.6 Å². The number of amides is 7. The van der Waals surface area contributed by atoms with Crippen molar-refractivity contribution in [1.82, 2.24) is 41.0 Å². The number of hydrogen-bond donors (Lipinski definition) is 6. The molecule has 0 radical (unpaired) electrons. The Morgan fingerprint density at radius 3 is 2.09 bits per heavy atom. The van der Waals surface area contributed by atoms with E-state index in [0.29, 0.717) is 97.1 Å². The van der Waals surface area contributed by atoms with Gasteiger partial charge in [0.05, 0.1) is 91.2 Å². The molecule has 7 rings (SSSR count). The van der Waals surface area contributed by atoms with Crippen molar-refractivity contribution in [2.75, 3.05) is 90.5 Å². The monoisotopic (exact) mass is 1270 g/mol. The molecule has 3 aromatic heterocycles. The van der Waals surface area contributed by atoms with Crippen LogP contribution < -0.4 is 31.5 Å². The Bertz CT molecular complexity index is 3080. The van der Waals surface area contributed by atoms with Crippen LogP contribution in [0, 0.1) is 31.1 Å². The summed E-state index contributed by atoms with van der Waals surface area (Å²) in [6.45, 7) is 15.9. The van der Waals surface area contributed by atoms with Gasteiger partial charge in [-0.15, -0.1) is 22.7 Å². The molecule has 6 N–H and O–H groups in total. The summed E-state index contributed by atoms with van der Waals surface area (Å²) in [6.07, 6.45) is 6.80. The second kappa shape index (κ2) is 35.7. The highest BCUT2D eigenvalue weighted by Gasteiger charge is 2.43. The number of thiazole rings is 1. The molecule has 89 heavy (non-hydrogen) atoms. The number of likely N-dealkylation sites (N-methyl/N-ethyl adjacent to an activating group) is 1. The standard InChI is InChI=1S/C66H93N9O12S2/c1-7-74(51-15-13-14-45(2)38-51)59(79)43-75-53-26-37-88-56(53)39-54(75)64(82)71-50-23-21-49(22-24-50)62(80)68-27-12-10-8-9-11-16-57(77)67-28-30-85-32-34-87-36-35-86-33-31-84-29-25-58(78)72-61(66(4,5)6)65(83)73-41-52(55(76)42-73)63(81)69-40-47-17-19-48(20-18-47)60-46(3)70-44-89-60/h13-15,17-20,26,37-39,44,49-50,52,55,61,76H,7-12,16,21-25,27-36,40-43H2,1-6H3,(H,67,77)(H,68,80)(H,69,81)(H,71,82)(H,72,78)/t49-,50-,52-,55-,61+/m1/s1. The zero-order valence-corrected chi connectivity index (χ0v) is 54.4. The van der Waals surface area contributed by atoms with Crippen molar-refractivity contribution in [3.8, 4) is 10.4 Å². The Labute approximate surface area is 531 Å². The number of benzene rings is 2. The largest absolute Gasteiger partial charge is 0.390 e. The molecule has 4 heterocycles. The van der Waals surface area contributed by atoms with Crippen LogP contribution in [-0.4, -0.2) is 165 Å². The van der Waals surface area contributed by atoms with E-state index in [1.807, 2.05) is 118 Å². The summed E-state index contributed by atoms with van der Waals surface area (Å²) in [5.74, 6) is -2.17. The van der Waals surface area contributed by atoms with Gasteiger partial charge in [0.25, 0.3) is 5.91 Å². The van der Waals surface area contributed by atoms with E-state index < -0.39 is 23.5 Å². The second-order valence-electron chi connectivity index (χ2n) is 24.1. The number of nitrogens with one attached hydrogen (secondary N) is 5. The van der Waals surface area contributed by atoms with Crippen LogP contribution in [0.3, 0.4) is 0 Å². The highest BCUT2D eigenvalue weighted by Crippen LogP contribution is 2.31. The molecule has 1 saturated carbocycles. The molecule has 1 saturated heterocycles. The highest BCUT2D eigenvalue weighted by molar-refractivity contribution is 7.17. The van der Waals surface area contributed by atoms with Gasteiger partial charge in [-0.3, -0.25) is 33.6 Å². The number of likely N-dealkylation sites (tertiary alicyclic amines) is 1. The van der Waals surface area contributed by atoms with Gasteiger partial charge in [0.1, 0.15) is 18.3 Å². The maximum Gasteiger partial charge on any atom is 0.268 e. The van der Waals surface area contributed by atoms with Crippen LogP contribution in [-0.2, 0) is 60.8 Å². The van der Waals surface area contributed by atoms with Gasteiger partial charge in [0, 0.05) is 69.8 Å². The summed E-state index contributed by atoms with van der Waals surface area (Å²) in [7, 11) is 0. The normalized spacial score (nSPS) is 17.1. The first-order valence-electron chi connectivity index (χ1n) is 31.5. The Hall–Kier alpha value is -6.60. The van der Waals surface area contributed by atoms with Gasteiger partial charge >= 0.3 is 0 Å². The van der Waals surface area contributed by atoms with Crippen molar-refractivity contribution in [3.63, 3.8) is 0 Å². The molecule has 1 aliphatic heterocycles. The number of thiophene rings is 1. The number of carbonyl (C=O) groups excluding carboxylic acids is 7. The van der Waals surface area contributed by atoms with E-state index in [9.17, 15) is 38.7 Å². The van der Waals surface area contributed by atoms with Crippen LogP contribution in [0.5, 0.6) is 0 Å². The molecule has 0 unspecified atom stereocenters. The molecule has 2 aromatic carbocycles. The van der Waals surface area contributed by atoms with Crippen molar-refractivity contribution in [1.29, 1.82) is 0 Å². The number of aliphatic hydroxyl groups excluding tert-OH is 1. The molecule has 23 heteroatoms. The third kappa shape index (κ3) is 21.8. The molecule has 2 fully saturated rings. The van der Waals surface area contributed by atoms with Gasteiger partial charge in [-0.25, -0.2) is 4.98 Å². The zero-order valence-electron chi connectivity index (χ0n) is 52.7. The molecule has 0 spiro atoms. The second-order valence-corrected chi connectivity index (χ2v) is 25.9. The Balaban J connectivity index is 0.628. The van der Waals surface area contributed by atoms with Crippen LogP contribution in [0.2, 0.25) is 0 Å². The van der Waals surface area contributed by atoms with Gasteiger partial charge in [-0.2, -0.15) is 0 Å². The number of ether oxygens (including phenoxy) is 4. The molecule has 0 bridgehead atoms. The lowest BCUT2D eigenvalue weighted by Gasteiger charge is -2.33. The molecule has 1 aliphatic carbocycles. The van der Waals surface area contributed by atoms with E-state index in [2.05, 4.69) is 31.6 Å². The molecule has 5 aromatic rings. The third-order valence-corrected chi connectivity index (χ3v) is 18.1. The fourth-order valence-electron chi connectivity index (χ4n) is 11.2. The molecule has 486 valence electrons. The maximum atomic E-state index is 13.7. The number of hydrogen-bond acceptors (Lipinski definition) is 15. The lowest BCUT2D eigenvalue weighted by Crippen LogP contribution is -2.54. The average Bonchev–Trinajstić information content (AvgIpc) is 1.84. The first kappa shape index (κ1) is 69.9. The van der Waals surface area contributed by atoms with Crippen LogP contribution >= 0.6 is 22.7 Å². The number of anilines is 1. The minimum Gasteiger partial charge on any atom is -0.390 e. The van der Waals surface area contributed by atoms with Crippen molar-refractivity contribution >= 4 is 79.9 Å². The zero-order chi connectivity index (χ0) is 63.7. The lowest BCUT2D eigenvalue weighted by molar-refractivity contribution is -0.139. The minimum atomic E-state index is -1.04. The number of unbranched alkanes of at least 4 members (excludes halogenated alkanes) is 4. The molecule has 3 atom stereocenters. The first-order valence-corrected chi connectivity index (χ1v) is 33.3. The van der Waals surface area contributed by atoms with E-state index in [-0.39, 0.29) is 99.1 Å². The number of carbonyl (C=O) groups is 7. The number of nitrogens with zero attached hydrogens (tertiary/aromatic N) is 4. The van der Waals surface area contributed by atoms with E-state index in [0.717, 1.165) is 75.3 Å². The van der Waals surface area contributed by atoms with E-state index >= 15 is 0 Å². The highest BCUT2D eigenvalue weighted by atomic mass is 32.1. The van der Waals surface area contributed by atoms with Crippen molar-refractivity contribution in [2.45, 2.75) is 143 Å². The molecule has 7 amide bonds. The number of aliphatic hydroxyl groups is 1. The fraction of sp³-hybridized carbons (Fsp3) is 0.576.